The first-order valence-electron chi connectivity index (χ1n) is 6.98. The highest BCUT2D eigenvalue weighted by Gasteiger charge is 2.30. The van der Waals surface area contributed by atoms with Crippen molar-refractivity contribution in [3.8, 4) is 0 Å². The molecule has 134 valence electrons. The van der Waals surface area contributed by atoms with Gasteiger partial charge < -0.3 is 10.4 Å². The standard InChI is InChI=1S/C15H16F5NO3/c1-8(13(22)21-11(14(23)24)7-12(16)17)6-9-2-4-10(5-3-9)15(18,19)20/h2-5,8,11-12H,6-7H2,1H3,(H,21,22)(H,23,24). The molecule has 0 aliphatic rings. The third-order valence-electron chi connectivity index (χ3n) is 3.30. The van der Waals surface area contributed by atoms with E-state index in [9.17, 15) is 31.5 Å². The van der Waals surface area contributed by atoms with Crippen molar-refractivity contribution in [2.75, 3.05) is 0 Å². The van der Waals surface area contributed by atoms with Crippen molar-refractivity contribution >= 4 is 11.9 Å². The van der Waals surface area contributed by atoms with Crippen molar-refractivity contribution in [2.24, 2.45) is 5.92 Å². The fourth-order valence-electron chi connectivity index (χ4n) is 1.99. The van der Waals surface area contributed by atoms with E-state index in [-0.39, 0.29) is 6.42 Å². The first-order chi connectivity index (χ1) is 11.0. The number of benzene rings is 1. The molecule has 2 atom stereocenters. The number of carboxylic acid groups (broad SMARTS) is 1. The van der Waals surface area contributed by atoms with Crippen LogP contribution in [0.3, 0.4) is 0 Å². The second-order valence-corrected chi connectivity index (χ2v) is 5.33. The van der Waals surface area contributed by atoms with E-state index in [1.54, 1.807) is 0 Å². The number of hydrogen-bond donors (Lipinski definition) is 2. The number of nitrogens with one attached hydrogen (secondary N) is 1. The summed E-state index contributed by atoms with van der Waals surface area (Å²) in [6.07, 6.45) is -8.33. The third kappa shape index (κ3) is 6.13. The van der Waals surface area contributed by atoms with Crippen LogP contribution < -0.4 is 5.32 Å². The fourth-order valence-corrected chi connectivity index (χ4v) is 1.99. The predicted octanol–water partition coefficient (Wildman–Crippen LogP) is 3.11. The minimum Gasteiger partial charge on any atom is -0.480 e. The molecule has 0 aromatic heterocycles. The Hall–Kier alpha value is -2.19. The first kappa shape index (κ1) is 19.9. The van der Waals surface area contributed by atoms with Crippen LogP contribution in [0.25, 0.3) is 0 Å². The molecule has 0 aliphatic heterocycles. The van der Waals surface area contributed by atoms with Crippen molar-refractivity contribution in [2.45, 2.75) is 38.4 Å². The summed E-state index contributed by atoms with van der Waals surface area (Å²) in [6.45, 7) is 1.42. The number of hydrogen-bond acceptors (Lipinski definition) is 2. The van der Waals surface area contributed by atoms with E-state index >= 15 is 0 Å². The Morgan fingerprint density at radius 2 is 1.71 bits per heavy atom. The van der Waals surface area contributed by atoms with Crippen LogP contribution in [-0.4, -0.2) is 29.5 Å². The third-order valence-corrected chi connectivity index (χ3v) is 3.30. The Labute approximate surface area is 134 Å². The van der Waals surface area contributed by atoms with Gasteiger partial charge in [0.05, 0.1) is 5.56 Å². The van der Waals surface area contributed by atoms with Gasteiger partial charge in [0, 0.05) is 12.3 Å². The normalized spacial score (nSPS) is 14.3. The Bertz CT molecular complexity index is 571. The summed E-state index contributed by atoms with van der Waals surface area (Å²) in [5.41, 5.74) is -0.391. The van der Waals surface area contributed by atoms with Crippen molar-refractivity contribution in [1.82, 2.24) is 5.32 Å². The van der Waals surface area contributed by atoms with Crippen LogP contribution in [0, 0.1) is 5.92 Å². The van der Waals surface area contributed by atoms with Gasteiger partial charge in [-0.1, -0.05) is 19.1 Å². The molecule has 0 aliphatic carbocycles. The zero-order chi connectivity index (χ0) is 18.5. The second kappa shape index (κ2) is 8.07. The maximum absolute atomic E-state index is 12.5. The van der Waals surface area contributed by atoms with E-state index in [0.29, 0.717) is 5.56 Å². The molecule has 1 rings (SSSR count). The largest absolute Gasteiger partial charge is 0.480 e. The highest BCUT2D eigenvalue weighted by atomic mass is 19.4. The number of halogens is 5. The zero-order valence-electron chi connectivity index (χ0n) is 12.6. The number of carboxylic acids is 1. The molecule has 2 N–H and O–H groups in total. The maximum Gasteiger partial charge on any atom is 0.416 e. The first-order valence-corrected chi connectivity index (χ1v) is 6.98. The van der Waals surface area contributed by atoms with Gasteiger partial charge in [-0.3, -0.25) is 4.79 Å². The summed E-state index contributed by atoms with van der Waals surface area (Å²) in [5.74, 6) is -3.13. The van der Waals surface area contributed by atoms with Gasteiger partial charge in [0.1, 0.15) is 6.04 Å². The van der Waals surface area contributed by atoms with E-state index in [0.717, 1.165) is 12.1 Å². The number of alkyl halides is 5. The lowest BCUT2D eigenvalue weighted by molar-refractivity contribution is -0.143. The molecule has 0 bridgehead atoms. The van der Waals surface area contributed by atoms with Crippen LogP contribution in [0.15, 0.2) is 24.3 Å². The molecule has 1 aromatic rings. The van der Waals surface area contributed by atoms with Crippen molar-refractivity contribution in [3.05, 3.63) is 35.4 Å². The molecule has 1 amide bonds. The number of rotatable bonds is 7. The average Bonchev–Trinajstić information content (AvgIpc) is 2.45. The number of amides is 1. The molecular formula is C15H16F5NO3. The molecule has 0 heterocycles. The lowest BCUT2D eigenvalue weighted by atomic mass is 9.98. The minimum atomic E-state index is -4.47. The molecule has 0 saturated carbocycles. The SMILES string of the molecule is CC(Cc1ccc(C(F)(F)F)cc1)C(=O)NC(CC(F)F)C(=O)O. The Morgan fingerprint density at radius 1 is 1.17 bits per heavy atom. The van der Waals surface area contributed by atoms with Crippen LogP contribution in [0.2, 0.25) is 0 Å². The van der Waals surface area contributed by atoms with Gasteiger partial charge in [-0.05, 0) is 24.1 Å². The summed E-state index contributed by atoms with van der Waals surface area (Å²) in [5, 5.41) is 10.8. The summed E-state index contributed by atoms with van der Waals surface area (Å²) in [4.78, 5) is 22.7. The van der Waals surface area contributed by atoms with Crippen LogP contribution in [-0.2, 0) is 22.2 Å². The molecule has 9 heteroatoms. The van der Waals surface area contributed by atoms with Crippen molar-refractivity contribution < 1.29 is 36.6 Å². The minimum absolute atomic E-state index is 0.0466. The van der Waals surface area contributed by atoms with Gasteiger partial charge in [-0.25, -0.2) is 13.6 Å². The molecule has 0 radical (unpaired) electrons. The van der Waals surface area contributed by atoms with E-state index in [1.165, 1.54) is 19.1 Å². The predicted molar refractivity (Wildman–Crippen MR) is 74.5 cm³/mol. The van der Waals surface area contributed by atoms with Gasteiger partial charge in [0.2, 0.25) is 12.3 Å². The summed E-state index contributed by atoms with van der Waals surface area (Å²) < 4.78 is 61.9. The average molecular weight is 353 g/mol. The van der Waals surface area contributed by atoms with Crippen LogP contribution in [0.5, 0.6) is 0 Å². The molecule has 1 aromatic carbocycles. The molecule has 24 heavy (non-hydrogen) atoms. The smallest absolute Gasteiger partial charge is 0.416 e. The van der Waals surface area contributed by atoms with Crippen molar-refractivity contribution in [1.29, 1.82) is 0 Å². The van der Waals surface area contributed by atoms with E-state index in [1.807, 2.05) is 5.32 Å². The summed E-state index contributed by atoms with van der Waals surface area (Å²) in [6, 6.07) is 2.45. The van der Waals surface area contributed by atoms with E-state index < -0.39 is 48.4 Å². The van der Waals surface area contributed by atoms with Gasteiger partial charge in [0.15, 0.2) is 0 Å². The molecule has 2 unspecified atom stereocenters. The molecule has 0 saturated heterocycles. The topological polar surface area (TPSA) is 66.4 Å². The summed E-state index contributed by atoms with van der Waals surface area (Å²) in [7, 11) is 0. The number of aliphatic carboxylic acids is 1. The van der Waals surface area contributed by atoms with Gasteiger partial charge >= 0.3 is 12.1 Å². The Kier molecular flexibility index (Phi) is 6.68. The number of carbonyl (C=O) groups excluding carboxylic acids is 1. The van der Waals surface area contributed by atoms with E-state index in [4.69, 9.17) is 5.11 Å². The van der Waals surface area contributed by atoms with E-state index in [2.05, 4.69) is 0 Å². The lowest BCUT2D eigenvalue weighted by Crippen LogP contribution is -2.44. The maximum atomic E-state index is 12.5. The van der Waals surface area contributed by atoms with Gasteiger partial charge in [-0.15, -0.1) is 0 Å². The molecule has 0 fully saturated rings. The Balaban J connectivity index is 2.67. The van der Waals surface area contributed by atoms with Gasteiger partial charge in [-0.2, -0.15) is 13.2 Å². The second-order valence-electron chi connectivity index (χ2n) is 5.33. The highest BCUT2D eigenvalue weighted by Crippen LogP contribution is 2.29. The monoisotopic (exact) mass is 353 g/mol. The molecule has 0 spiro atoms. The highest BCUT2D eigenvalue weighted by molar-refractivity contribution is 5.84. The number of carbonyl (C=O) groups is 2. The van der Waals surface area contributed by atoms with Crippen LogP contribution >= 0.6 is 0 Å². The Morgan fingerprint density at radius 3 is 2.12 bits per heavy atom. The van der Waals surface area contributed by atoms with Gasteiger partial charge in [0.25, 0.3) is 0 Å². The summed E-state index contributed by atoms with van der Waals surface area (Å²) >= 11 is 0. The lowest BCUT2D eigenvalue weighted by Gasteiger charge is -2.18. The van der Waals surface area contributed by atoms with Crippen LogP contribution in [0.4, 0.5) is 22.0 Å². The fraction of sp³-hybridized carbons (Fsp3) is 0.467. The molecule has 4 nitrogen and oxygen atoms in total. The van der Waals surface area contributed by atoms with Crippen LogP contribution in [0.1, 0.15) is 24.5 Å². The zero-order valence-corrected chi connectivity index (χ0v) is 12.6. The quantitative estimate of drug-likeness (QED) is 0.741. The van der Waals surface area contributed by atoms with Crippen molar-refractivity contribution in [3.63, 3.8) is 0 Å². The molecular weight excluding hydrogens is 337 g/mol.